The largest absolute Gasteiger partial charge is 0.394 e. The molecule has 0 aliphatic carbocycles. The zero-order chi connectivity index (χ0) is 15.6. The van der Waals surface area contributed by atoms with Gasteiger partial charge in [-0.15, -0.1) is 24.0 Å². The third-order valence-electron chi connectivity index (χ3n) is 3.75. The van der Waals surface area contributed by atoms with Crippen molar-refractivity contribution in [3.8, 4) is 0 Å². The molecule has 1 heterocycles. The summed E-state index contributed by atoms with van der Waals surface area (Å²) in [5.41, 5.74) is 1.22. The van der Waals surface area contributed by atoms with Crippen LogP contribution in [0.4, 0.5) is 0 Å². The van der Waals surface area contributed by atoms with Gasteiger partial charge in [-0.3, -0.25) is 4.99 Å². The standard InChI is InChI=1S/C17H27N3O2.HI/c1-2-18-17(19-9-11-21)20-10-8-16(12-20)14-22-13-15-6-4-3-5-7-15;/h3-7,16,21H,2,8-14H2,1H3,(H,18,19);1H. The summed E-state index contributed by atoms with van der Waals surface area (Å²) in [5, 5.41) is 12.2. The Balaban J connectivity index is 0.00000264. The minimum absolute atomic E-state index is 0. The van der Waals surface area contributed by atoms with Crippen molar-refractivity contribution >= 4 is 29.9 Å². The zero-order valence-corrected chi connectivity index (χ0v) is 16.1. The Hall–Kier alpha value is -0.860. The smallest absolute Gasteiger partial charge is 0.194 e. The Labute approximate surface area is 156 Å². The second-order valence-corrected chi connectivity index (χ2v) is 5.56. The van der Waals surface area contributed by atoms with Crippen LogP contribution in [0.15, 0.2) is 35.3 Å². The van der Waals surface area contributed by atoms with Crippen molar-refractivity contribution in [3.05, 3.63) is 35.9 Å². The van der Waals surface area contributed by atoms with Crippen LogP contribution in [0.3, 0.4) is 0 Å². The summed E-state index contributed by atoms with van der Waals surface area (Å²) >= 11 is 0. The van der Waals surface area contributed by atoms with Crippen LogP contribution in [0.2, 0.25) is 0 Å². The van der Waals surface area contributed by atoms with Crippen LogP contribution in [0, 0.1) is 5.92 Å². The van der Waals surface area contributed by atoms with Gasteiger partial charge in [0.2, 0.25) is 0 Å². The summed E-state index contributed by atoms with van der Waals surface area (Å²) in [4.78, 5) is 6.68. The fourth-order valence-electron chi connectivity index (χ4n) is 2.66. The van der Waals surface area contributed by atoms with E-state index in [2.05, 4.69) is 34.3 Å². The minimum atomic E-state index is 0. The summed E-state index contributed by atoms with van der Waals surface area (Å²) in [7, 11) is 0. The van der Waals surface area contributed by atoms with Crippen LogP contribution in [-0.2, 0) is 11.3 Å². The van der Waals surface area contributed by atoms with E-state index in [0.29, 0.717) is 19.1 Å². The zero-order valence-electron chi connectivity index (χ0n) is 13.8. The molecule has 1 aromatic rings. The molecule has 130 valence electrons. The number of nitrogens with zero attached hydrogens (tertiary/aromatic N) is 2. The van der Waals surface area contributed by atoms with Crippen molar-refractivity contribution in [2.24, 2.45) is 10.9 Å². The van der Waals surface area contributed by atoms with E-state index >= 15 is 0 Å². The molecule has 0 saturated carbocycles. The highest BCUT2D eigenvalue weighted by Crippen LogP contribution is 2.17. The lowest BCUT2D eigenvalue weighted by molar-refractivity contribution is 0.0906. The average Bonchev–Trinajstić information content (AvgIpc) is 3.01. The number of aliphatic imine (C=N–C) groups is 1. The molecule has 1 aromatic carbocycles. The number of hydrogen-bond donors (Lipinski definition) is 2. The highest BCUT2D eigenvalue weighted by atomic mass is 127. The van der Waals surface area contributed by atoms with Crippen LogP contribution in [-0.4, -0.2) is 55.4 Å². The number of hydrogen-bond acceptors (Lipinski definition) is 3. The maximum absolute atomic E-state index is 8.93. The van der Waals surface area contributed by atoms with E-state index in [1.54, 1.807) is 0 Å². The van der Waals surface area contributed by atoms with Gasteiger partial charge in [0.15, 0.2) is 5.96 Å². The molecule has 1 aliphatic rings. The fourth-order valence-corrected chi connectivity index (χ4v) is 2.66. The van der Waals surface area contributed by atoms with E-state index < -0.39 is 0 Å². The Morgan fingerprint density at radius 1 is 1.39 bits per heavy atom. The predicted octanol–water partition coefficient (Wildman–Crippen LogP) is 2.10. The number of ether oxygens (including phenoxy) is 1. The number of aliphatic hydroxyl groups is 1. The molecule has 0 bridgehead atoms. The van der Waals surface area contributed by atoms with E-state index in [4.69, 9.17) is 9.84 Å². The first-order valence-corrected chi connectivity index (χ1v) is 8.09. The third-order valence-corrected chi connectivity index (χ3v) is 3.75. The van der Waals surface area contributed by atoms with Gasteiger partial charge in [-0.05, 0) is 18.9 Å². The number of aliphatic hydroxyl groups excluding tert-OH is 1. The SMILES string of the molecule is CCNC(=NCCO)N1CCC(COCc2ccccc2)C1.I. The lowest BCUT2D eigenvalue weighted by atomic mass is 10.1. The number of benzene rings is 1. The lowest BCUT2D eigenvalue weighted by Gasteiger charge is -2.21. The molecule has 0 spiro atoms. The van der Waals surface area contributed by atoms with E-state index in [9.17, 15) is 0 Å². The van der Waals surface area contributed by atoms with E-state index in [1.807, 2.05) is 18.2 Å². The molecule has 0 radical (unpaired) electrons. The van der Waals surface area contributed by atoms with Crippen molar-refractivity contribution in [1.82, 2.24) is 10.2 Å². The van der Waals surface area contributed by atoms with Crippen molar-refractivity contribution in [1.29, 1.82) is 0 Å². The molecule has 1 fully saturated rings. The predicted molar refractivity (Wildman–Crippen MR) is 104 cm³/mol. The molecule has 5 nitrogen and oxygen atoms in total. The van der Waals surface area contributed by atoms with Crippen molar-refractivity contribution in [3.63, 3.8) is 0 Å². The van der Waals surface area contributed by atoms with Gasteiger partial charge in [0.25, 0.3) is 0 Å². The van der Waals surface area contributed by atoms with Gasteiger partial charge < -0.3 is 20.1 Å². The highest BCUT2D eigenvalue weighted by molar-refractivity contribution is 14.0. The molecule has 2 N–H and O–H groups in total. The van der Waals surface area contributed by atoms with E-state index in [0.717, 1.165) is 38.6 Å². The maximum Gasteiger partial charge on any atom is 0.194 e. The van der Waals surface area contributed by atoms with Crippen molar-refractivity contribution < 1.29 is 9.84 Å². The van der Waals surface area contributed by atoms with Crippen LogP contribution in [0.5, 0.6) is 0 Å². The summed E-state index contributed by atoms with van der Waals surface area (Å²) in [5.74, 6) is 1.45. The molecule has 0 aromatic heterocycles. The first-order valence-electron chi connectivity index (χ1n) is 8.09. The minimum Gasteiger partial charge on any atom is -0.394 e. The number of guanidine groups is 1. The molecule has 1 saturated heterocycles. The van der Waals surface area contributed by atoms with Gasteiger partial charge in [-0.25, -0.2) is 0 Å². The maximum atomic E-state index is 8.93. The quantitative estimate of drug-likeness (QED) is 0.393. The van der Waals surface area contributed by atoms with Gasteiger partial charge in [-0.2, -0.15) is 0 Å². The van der Waals surface area contributed by atoms with Crippen LogP contribution < -0.4 is 5.32 Å². The van der Waals surface area contributed by atoms with E-state index in [-0.39, 0.29) is 30.6 Å². The van der Waals surface area contributed by atoms with Crippen molar-refractivity contribution in [2.75, 3.05) is 39.4 Å². The highest BCUT2D eigenvalue weighted by Gasteiger charge is 2.24. The number of halogens is 1. The Morgan fingerprint density at radius 3 is 2.87 bits per heavy atom. The van der Waals surface area contributed by atoms with Crippen LogP contribution >= 0.6 is 24.0 Å². The molecular formula is C17H28IN3O2. The Kier molecular flexibility index (Phi) is 10.2. The number of rotatable bonds is 7. The lowest BCUT2D eigenvalue weighted by Crippen LogP contribution is -2.40. The summed E-state index contributed by atoms with van der Waals surface area (Å²) in [6.45, 7) is 6.87. The van der Waals surface area contributed by atoms with Gasteiger partial charge >= 0.3 is 0 Å². The fraction of sp³-hybridized carbons (Fsp3) is 0.588. The Morgan fingerprint density at radius 2 is 2.17 bits per heavy atom. The molecule has 0 amide bonds. The summed E-state index contributed by atoms with van der Waals surface area (Å²) in [6.07, 6.45) is 1.12. The molecule has 2 rings (SSSR count). The summed E-state index contributed by atoms with van der Waals surface area (Å²) < 4.78 is 5.85. The van der Waals surface area contributed by atoms with Gasteiger partial charge in [0, 0.05) is 25.6 Å². The second kappa shape index (κ2) is 11.6. The average molecular weight is 433 g/mol. The van der Waals surface area contributed by atoms with Crippen LogP contribution in [0.1, 0.15) is 18.9 Å². The number of likely N-dealkylation sites (tertiary alicyclic amines) is 1. The molecule has 1 aliphatic heterocycles. The first kappa shape index (κ1) is 20.2. The van der Waals surface area contributed by atoms with Crippen LogP contribution in [0.25, 0.3) is 0 Å². The molecule has 1 unspecified atom stereocenters. The number of nitrogens with one attached hydrogen (secondary N) is 1. The second-order valence-electron chi connectivity index (χ2n) is 5.56. The molecule has 1 atom stereocenters. The Bertz CT molecular complexity index is 456. The normalized spacial score (nSPS) is 17.9. The van der Waals surface area contributed by atoms with E-state index in [1.165, 1.54) is 5.56 Å². The van der Waals surface area contributed by atoms with Gasteiger partial charge in [-0.1, -0.05) is 30.3 Å². The first-order chi connectivity index (χ1) is 10.8. The molecular weight excluding hydrogens is 405 g/mol. The van der Waals surface area contributed by atoms with Gasteiger partial charge in [0.1, 0.15) is 0 Å². The molecule has 23 heavy (non-hydrogen) atoms. The summed E-state index contributed by atoms with van der Waals surface area (Å²) in [6, 6.07) is 10.3. The third kappa shape index (κ3) is 7.05. The van der Waals surface area contributed by atoms with Crippen molar-refractivity contribution in [2.45, 2.75) is 20.0 Å². The van der Waals surface area contributed by atoms with Gasteiger partial charge in [0.05, 0.1) is 26.4 Å². The monoisotopic (exact) mass is 433 g/mol. The topological polar surface area (TPSA) is 57.1 Å². The molecule has 6 heteroatoms.